The van der Waals surface area contributed by atoms with Gasteiger partial charge < -0.3 is 9.64 Å². The molecule has 2 fully saturated rings. The molecule has 132 valence electrons. The van der Waals surface area contributed by atoms with E-state index in [0.29, 0.717) is 11.0 Å². The maximum Gasteiger partial charge on any atom is 0.244 e. The van der Waals surface area contributed by atoms with E-state index in [4.69, 9.17) is 4.74 Å². The molecule has 2 heterocycles. The molecule has 0 radical (unpaired) electrons. The van der Waals surface area contributed by atoms with Gasteiger partial charge in [-0.3, -0.25) is 9.69 Å². The van der Waals surface area contributed by atoms with E-state index in [2.05, 4.69) is 0 Å². The first-order chi connectivity index (χ1) is 11.5. The van der Waals surface area contributed by atoms with Crippen molar-refractivity contribution in [2.24, 2.45) is 5.41 Å². The fourth-order valence-electron chi connectivity index (χ4n) is 4.01. The highest BCUT2D eigenvalue weighted by atomic mass is 19.1. The van der Waals surface area contributed by atoms with E-state index >= 15 is 0 Å². The molecule has 0 N–H and O–H groups in total. The first kappa shape index (κ1) is 17.4. The Balaban J connectivity index is 1.72. The maximum absolute atomic E-state index is 14.2. The summed E-state index contributed by atoms with van der Waals surface area (Å²) in [6.45, 7) is 3.20. The second kappa shape index (κ2) is 7.19. The van der Waals surface area contributed by atoms with Gasteiger partial charge in [0.15, 0.2) is 0 Å². The fraction of sp³-hybridized carbons (Fsp3) is 0.632. The van der Waals surface area contributed by atoms with Crippen LogP contribution in [0.2, 0.25) is 0 Å². The van der Waals surface area contributed by atoms with Crippen molar-refractivity contribution in [1.82, 2.24) is 9.80 Å². The molecule has 0 unspecified atom stereocenters. The van der Waals surface area contributed by atoms with Gasteiger partial charge in [-0.05, 0) is 51.3 Å². The van der Waals surface area contributed by atoms with Gasteiger partial charge in [0, 0.05) is 31.9 Å². The largest absolute Gasteiger partial charge is 0.381 e. The molecule has 3 rings (SSSR count). The summed E-state index contributed by atoms with van der Waals surface area (Å²) < 4.78 is 19.7. The van der Waals surface area contributed by atoms with Crippen LogP contribution in [-0.2, 0) is 9.53 Å². The molecule has 0 aromatic heterocycles. The van der Waals surface area contributed by atoms with Crippen LogP contribution in [0.1, 0.15) is 37.3 Å². The number of carbonyl (C=O) groups is 1. The lowest BCUT2D eigenvalue weighted by molar-refractivity contribution is -0.140. The molecule has 5 heteroatoms. The lowest BCUT2D eigenvalue weighted by Gasteiger charge is -2.45. The van der Waals surface area contributed by atoms with Gasteiger partial charge >= 0.3 is 0 Å². The Hall–Kier alpha value is -1.46. The third kappa shape index (κ3) is 3.47. The molecule has 2 saturated heterocycles. The number of likely N-dealkylation sites (tertiary alicyclic amines) is 1. The predicted octanol–water partition coefficient (Wildman–Crippen LogP) is 2.85. The highest BCUT2D eigenvalue weighted by Gasteiger charge is 2.39. The number of piperidine rings is 1. The molecule has 1 aromatic carbocycles. The number of carbonyl (C=O) groups excluding carboxylic acids is 1. The van der Waals surface area contributed by atoms with Gasteiger partial charge in [-0.1, -0.05) is 18.2 Å². The van der Waals surface area contributed by atoms with E-state index in [0.717, 1.165) is 52.0 Å². The zero-order valence-electron chi connectivity index (χ0n) is 14.6. The van der Waals surface area contributed by atoms with Crippen LogP contribution in [0.5, 0.6) is 0 Å². The van der Waals surface area contributed by atoms with Crippen molar-refractivity contribution in [2.75, 3.05) is 40.4 Å². The second-order valence-electron chi connectivity index (χ2n) is 7.33. The molecule has 1 aromatic rings. The summed E-state index contributed by atoms with van der Waals surface area (Å²) in [5.41, 5.74) is 0.805. The van der Waals surface area contributed by atoms with Crippen molar-refractivity contribution < 1.29 is 13.9 Å². The number of likely N-dealkylation sites (N-methyl/N-ethyl adjacent to an activating group) is 1. The molecular weight excluding hydrogens is 307 g/mol. The quantitative estimate of drug-likeness (QED) is 0.852. The lowest BCUT2D eigenvalue weighted by Crippen LogP contribution is -2.48. The van der Waals surface area contributed by atoms with E-state index < -0.39 is 6.04 Å². The lowest BCUT2D eigenvalue weighted by atomic mass is 9.72. The molecule has 0 aliphatic carbocycles. The highest BCUT2D eigenvalue weighted by molar-refractivity contribution is 5.83. The Kier molecular flexibility index (Phi) is 5.21. The SMILES string of the molecule is CN(C)[C@H](C(=O)N1CCC2(CCOCC2)CC1)c1ccccc1F. The first-order valence-corrected chi connectivity index (χ1v) is 8.80. The molecule has 0 saturated carbocycles. The van der Waals surface area contributed by atoms with Gasteiger partial charge in [-0.15, -0.1) is 0 Å². The number of benzene rings is 1. The van der Waals surface area contributed by atoms with Crippen LogP contribution in [0.15, 0.2) is 24.3 Å². The summed E-state index contributed by atoms with van der Waals surface area (Å²) in [5.74, 6) is -0.311. The van der Waals surface area contributed by atoms with E-state index in [9.17, 15) is 9.18 Å². The molecule has 1 spiro atoms. The van der Waals surface area contributed by atoms with Crippen LogP contribution in [0.4, 0.5) is 4.39 Å². The predicted molar refractivity (Wildman–Crippen MR) is 91.1 cm³/mol. The van der Waals surface area contributed by atoms with Gasteiger partial charge in [0.05, 0.1) is 0 Å². The Morgan fingerprint density at radius 1 is 1.17 bits per heavy atom. The van der Waals surface area contributed by atoms with Crippen LogP contribution in [0.25, 0.3) is 0 Å². The zero-order chi connectivity index (χ0) is 17.2. The summed E-state index contributed by atoms with van der Waals surface area (Å²) in [4.78, 5) is 16.8. The second-order valence-corrected chi connectivity index (χ2v) is 7.33. The van der Waals surface area contributed by atoms with Gasteiger partial charge in [0.2, 0.25) is 5.91 Å². The minimum absolute atomic E-state index is 0.00649. The Bertz CT molecular complexity index is 574. The summed E-state index contributed by atoms with van der Waals surface area (Å²) in [6, 6.07) is 6.02. The van der Waals surface area contributed by atoms with Crippen LogP contribution in [0, 0.1) is 11.2 Å². The number of nitrogens with zero attached hydrogens (tertiary/aromatic N) is 2. The van der Waals surface area contributed by atoms with Crippen LogP contribution in [-0.4, -0.2) is 56.1 Å². The van der Waals surface area contributed by atoms with Crippen molar-refractivity contribution in [3.63, 3.8) is 0 Å². The van der Waals surface area contributed by atoms with Crippen LogP contribution in [0.3, 0.4) is 0 Å². The molecule has 2 aliphatic rings. The van der Waals surface area contributed by atoms with Crippen molar-refractivity contribution >= 4 is 5.91 Å². The Morgan fingerprint density at radius 3 is 2.38 bits per heavy atom. The third-order valence-corrected chi connectivity index (χ3v) is 5.64. The minimum atomic E-state index is -0.560. The van der Waals surface area contributed by atoms with Crippen LogP contribution < -0.4 is 0 Å². The maximum atomic E-state index is 14.2. The number of halogens is 1. The number of hydrogen-bond acceptors (Lipinski definition) is 3. The molecule has 24 heavy (non-hydrogen) atoms. The normalized spacial score (nSPS) is 21.9. The van der Waals surface area contributed by atoms with E-state index in [-0.39, 0.29) is 11.7 Å². The summed E-state index contributed by atoms with van der Waals surface area (Å²) in [6.07, 6.45) is 4.25. The standard InChI is InChI=1S/C19H27FN2O2/c1-21(2)17(15-5-3-4-6-16(15)20)18(23)22-11-7-19(8-12-22)9-13-24-14-10-19/h3-6,17H,7-14H2,1-2H3/t17-/m0/s1. The Morgan fingerprint density at radius 2 is 1.79 bits per heavy atom. The molecule has 0 bridgehead atoms. The van der Waals surface area contributed by atoms with E-state index in [1.807, 2.05) is 19.0 Å². The molecule has 4 nitrogen and oxygen atoms in total. The minimum Gasteiger partial charge on any atom is -0.381 e. The molecular formula is C19H27FN2O2. The molecule has 1 amide bonds. The van der Waals surface area contributed by atoms with Crippen LogP contribution >= 0.6 is 0 Å². The highest BCUT2D eigenvalue weighted by Crippen LogP contribution is 2.41. The monoisotopic (exact) mass is 334 g/mol. The Labute approximate surface area is 143 Å². The number of amides is 1. The molecule has 2 aliphatic heterocycles. The summed E-state index contributed by atoms with van der Waals surface area (Å²) in [5, 5.41) is 0. The summed E-state index contributed by atoms with van der Waals surface area (Å²) >= 11 is 0. The van der Waals surface area contributed by atoms with E-state index in [1.165, 1.54) is 6.07 Å². The average molecular weight is 334 g/mol. The van der Waals surface area contributed by atoms with E-state index in [1.54, 1.807) is 23.1 Å². The van der Waals surface area contributed by atoms with Crippen molar-refractivity contribution in [3.8, 4) is 0 Å². The van der Waals surface area contributed by atoms with Gasteiger partial charge in [0.25, 0.3) is 0 Å². The zero-order valence-corrected chi connectivity index (χ0v) is 14.6. The molecule has 1 atom stereocenters. The topological polar surface area (TPSA) is 32.8 Å². The van der Waals surface area contributed by atoms with Gasteiger partial charge in [-0.25, -0.2) is 4.39 Å². The average Bonchev–Trinajstić information content (AvgIpc) is 2.58. The third-order valence-electron chi connectivity index (χ3n) is 5.64. The van der Waals surface area contributed by atoms with Crippen molar-refractivity contribution in [3.05, 3.63) is 35.6 Å². The van der Waals surface area contributed by atoms with Crippen molar-refractivity contribution in [2.45, 2.75) is 31.7 Å². The smallest absolute Gasteiger partial charge is 0.244 e. The summed E-state index contributed by atoms with van der Waals surface area (Å²) in [7, 11) is 3.66. The van der Waals surface area contributed by atoms with Crippen molar-refractivity contribution in [1.29, 1.82) is 0 Å². The fourth-order valence-corrected chi connectivity index (χ4v) is 4.01. The number of hydrogen-bond donors (Lipinski definition) is 0. The van der Waals surface area contributed by atoms with Gasteiger partial charge in [-0.2, -0.15) is 0 Å². The number of ether oxygens (including phenoxy) is 1. The first-order valence-electron chi connectivity index (χ1n) is 8.80. The number of rotatable bonds is 3. The van der Waals surface area contributed by atoms with Gasteiger partial charge in [0.1, 0.15) is 11.9 Å².